The van der Waals surface area contributed by atoms with E-state index >= 15 is 0 Å². The molecular weight excluding hydrogens is 208 g/mol. The average molecular weight is 240 g/mol. The highest BCUT2D eigenvalue weighted by molar-refractivity contribution is 4.79. The Hall–Kier alpha value is -0.0800. The van der Waals surface area contributed by atoms with Gasteiger partial charge >= 0.3 is 0 Å². The molecule has 1 aliphatic carbocycles. The zero-order valence-electron chi connectivity index (χ0n) is 12.5. The van der Waals surface area contributed by atoms with Crippen LogP contribution in [0, 0.1) is 11.8 Å². The molecule has 2 nitrogen and oxygen atoms in total. The van der Waals surface area contributed by atoms with Crippen molar-refractivity contribution in [2.75, 3.05) is 20.1 Å². The third kappa shape index (κ3) is 4.97. The summed E-state index contributed by atoms with van der Waals surface area (Å²) in [7, 11) is 2.30. The molecule has 0 saturated heterocycles. The van der Waals surface area contributed by atoms with Crippen LogP contribution in [0.5, 0.6) is 0 Å². The summed E-state index contributed by atoms with van der Waals surface area (Å²) in [6, 6.07) is 1.45. The topological polar surface area (TPSA) is 15.3 Å². The second-order valence-electron chi connectivity index (χ2n) is 6.30. The summed E-state index contributed by atoms with van der Waals surface area (Å²) in [5, 5.41) is 3.63. The second kappa shape index (κ2) is 7.38. The predicted molar refractivity (Wildman–Crippen MR) is 76.4 cm³/mol. The predicted octanol–water partition coefficient (Wildman–Crippen LogP) is 3.13. The van der Waals surface area contributed by atoms with Crippen LogP contribution in [0.1, 0.15) is 53.4 Å². The van der Waals surface area contributed by atoms with E-state index in [1.54, 1.807) is 0 Å². The highest BCUT2D eigenvalue weighted by Crippen LogP contribution is 2.26. The van der Waals surface area contributed by atoms with E-state index in [-0.39, 0.29) is 0 Å². The number of rotatable bonds is 6. The van der Waals surface area contributed by atoms with Crippen molar-refractivity contribution in [3.8, 4) is 0 Å². The number of hydrogen-bond donors (Lipinski definition) is 1. The van der Waals surface area contributed by atoms with Crippen LogP contribution in [-0.4, -0.2) is 37.1 Å². The van der Waals surface area contributed by atoms with Gasteiger partial charge in [-0.1, -0.05) is 33.6 Å². The molecule has 0 spiro atoms. The first-order valence-corrected chi connectivity index (χ1v) is 7.46. The molecule has 1 aliphatic rings. The summed E-state index contributed by atoms with van der Waals surface area (Å²) in [6.45, 7) is 11.6. The van der Waals surface area contributed by atoms with Crippen LogP contribution < -0.4 is 5.32 Å². The molecular formula is C15H32N2. The zero-order chi connectivity index (χ0) is 12.8. The highest BCUT2D eigenvalue weighted by Gasteiger charge is 2.24. The van der Waals surface area contributed by atoms with Gasteiger partial charge in [-0.05, 0) is 38.6 Å². The summed E-state index contributed by atoms with van der Waals surface area (Å²) in [5.74, 6) is 1.62. The minimum atomic E-state index is 0.632. The molecule has 0 aliphatic heterocycles. The summed E-state index contributed by atoms with van der Waals surface area (Å²) in [5.41, 5.74) is 0. The third-order valence-corrected chi connectivity index (χ3v) is 4.56. The zero-order valence-corrected chi connectivity index (χ0v) is 12.5. The Morgan fingerprint density at radius 2 is 1.82 bits per heavy atom. The largest absolute Gasteiger partial charge is 0.313 e. The minimum Gasteiger partial charge on any atom is -0.313 e. The van der Waals surface area contributed by atoms with Gasteiger partial charge < -0.3 is 10.2 Å². The Kier molecular flexibility index (Phi) is 6.50. The molecule has 0 bridgehead atoms. The van der Waals surface area contributed by atoms with Gasteiger partial charge in [0.05, 0.1) is 0 Å². The van der Waals surface area contributed by atoms with E-state index in [4.69, 9.17) is 0 Å². The summed E-state index contributed by atoms with van der Waals surface area (Å²) in [4.78, 5) is 2.57. The second-order valence-corrected chi connectivity index (χ2v) is 6.30. The fourth-order valence-electron chi connectivity index (χ4n) is 2.82. The molecule has 1 rings (SSSR count). The normalized spacial score (nSPS) is 27.7. The first-order valence-electron chi connectivity index (χ1n) is 7.46. The minimum absolute atomic E-state index is 0.632. The molecule has 1 saturated carbocycles. The number of nitrogens with one attached hydrogen (secondary N) is 1. The Labute approximate surface area is 108 Å². The smallest absolute Gasteiger partial charge is 0.0118 e. The molecule has 0 heterocycles. The van der Waals surface area contributed by atoms with Crippen LogP contribution in [0.15, 0.2) is 0 Å². The van der Waals surface area contributed by atoms with Crippen molar-refractivity contribution in [1.82, 2.24) is 10.2 Å². The van der Waals surface area contributed by atoms with E-state index in [1.165, 1.54) is 32.2 Å². The lowest BCUT2D eigenvalue weighted by Crippen LogP contribution is -2.43. The Bertz CT molecular complexity index is 203. The van der Waals surface area contributed by atoms with Gasteiger partial charge in [0.1, 0.15) is 0 Å². The monoisotopic (exact) mass is 240 g/mol. The average Bonchev–Trinajstić information content (AvgIpc) is 2.29. The van der Waals surface area contributed by atoms with Gasteiger partial charge in [0.2, 0.25) is 0 Å². The van der Waals surface area contributed by atoms with Gasteiger partial charge in [-0.3, -0.25) is 0 Å². The van der Waals surface area contributed by atoms with Gasteiger partial charge in [-0.15, -0.1) is 0 Å². The fraction of sp³-hybridized carbons (Fsp3) is 1.00. The molecule has 2 heteroatoms. The molecule has 102 valence electrons. The SMILES string of the molecule is CC(C)C(C)NCCN(C)C1CCCCC1C. The van der Waals surface area contributed by atoms with Crippen LogP contribution >= 0.6 is 0 Å². The lowest BCUT2D eigenvalue weighted by atomic mass is 9.85. The van der Waals surface area contributed by atoms with Gasteiger partial charge in [0, 0.05) is 25.2 Å². The first-order chi connectivity index (χ1) is 8.02. The fourth-order valence-corrected chi connectivity index (χ4v) is 2.82. The van der Waals surface area contributed by atoms with Gasteiger partial charge in [-0.2, -0.15) is 0 Å². The van der Waals surface area contributed by atoms with Crippen LogP contribution in [0.3, 0.4) is 0 Å². The Balaban J connectivity index is 2.22. The van der Waals surface area contributed by atoms with Crippen molar-refractivity contribution in [2.45, 2.75) is 65.5 Å². The van der Waals surface area contributed by atoms with E-state index in [0.717, 1.165) is 24.4 Å². The van der Waals surface area contributed by atoms with Crippen molar-refractivity contribution < 1.29 is 0 Å². The molecule has 0 aromatic rings. The van der Waals surface area contributed by atoms with Crippen molar-refractivity contribution in [2.24, 2.45) is 11.8 Å². The maximum Gasteiger partial charge on any atom is 0.0118 e. The lowest BCUT2D eigenvalue weighted by molar-refractivity contribution is 0.139. The third-order valence-electron chi connectivity index (χ3n) is 4.56. The van der Waals surface area contributed by atoms with Crippen LogP contribution in [0.2, 0.25) is 0 Å². The molecule has 17 heavy (non-hydrogen) atoms. The van der Waals surface area contributed by atoms with Crippen molar-refractivity contribution in [1.29, 1.82) is 0 Å². The molecule has 1 N–H and O–H groups in total. The molecule has 0 amide bonds. The van der Waals surface area contributed by atoms with Gasteiger partial charge in [0.25, 0.3) is 0 Å². The van der Waals surface area contributed by atoms with E-state index in [1.807, 2.05) is 0 Å². The Morgan fingerprint density at radius 3 is 2.41 bits per heavy atom. The van der Waals surface area contributed by atoms with Crippen molar-refractivity contribution >= 4 is 0 Å². The number of hydrogen-bond acceptors (Lipinski definition) is 2. The van der Waals surface area contributed by atoms with Gasteiger partial charge in [0.15, 0.2) is 0 Å². The van der Waals surface area contributed by atoms with Crippen LogP contribution in [-0.2, 0) is 0 Å². The summed E-state index contributed by atoms with van der Waals surface area (Å²) < 4.78 is 0. The molecule has 3 atom stereocenters. The maximum absolute atomic E-state index is 3.63. The number of likely N-dealkylation sites (N-methyl/N-ethyl adjacent to an activating group) is 1. The molecule has 0 aromatic heterocycles. The van der Waals surface area contributed by atoms with Crippen molar-refractivity contribution in [3.05, 3.63) is 0 Å². The lowest BCUT2D eigenvalue weighted by Gasteiger charge is -2.36. The quantitative estimate of drug-likeness (QED) is 0.767. The van der Waals surface area contributed by atoms with E-state index < -0.39 is 0 Å². The van der Waals surface area contributed by atoms with Crippen LogP contribution in [0.25, 0.3) is 0 Å². The standard InChI is InChI=1S/C15H32N2/c1-12(2)14(4)16-10-11-17(5)15-9-7-6-8-13(15)3/h12-16H,6-11H2,1-5H3. The highest BCUT2D eigenvalue weighted by atomic mass is 15.1. The number of nitrogens with zero attached hydrogens (tertiary/aromatic N) is 1. The Morgan fingerprint density at radius 1 is 1.18 bits per heavy atom. The first kappa shape index (κ1) is 15.0. The van der Waals surface area contributed by atoms with Crippen molar-refractivity contribution in [3.63, 3.8) is 0 Å². The summed E-state index contributed by atoms with van der Waals surface area (Å²) >= 11 is 0. The van der Waals surface area contributed by atoms with Crippen LogP contribution in [0.4, 0.5) is 0 Å². The van der Waals surface area contributed by atoms with E-state index in [9.17, 15) is 0 Å². The summed E-state index contributed by atoms with van der Waals surface area (Å²) in [6.07, 6.45) is 5.69. The molecule has 3 unspecified atom stereocenters. The van der Waals surface area contributed by atoms with Gasteiger partial charge in [-0.25, -0.2) is 0 Å². The molecule has 1 fully saturated rings. The molecule has 0 aromatic carbocycles. The maximum atomic E-state index is 3.63. The van der Waals surface area contributed by atoms with E-state index in [2.05, 4.69) is 45.0 Å². The van der Waals surface area contributed by atoms with E-state index in [0.29, 0.717) is 6.04 Å². The molecule has 0 radical (unpaired) electrons.